The number of ether oxygens (including phenoxy) is 1. The van der Waals surface area contributed by atoms with E-state index in [0.717, 1.165) is 15.6 Å². The first-order chi connectivity index (χ1) is 8.61. The van der Waals surface area contributed by atoms with Crippen LogP contribution in [0.25, 0.3) is 16.2 Å². The summed E-state index contributed by atoms with van der Waals surface area (Å²) in [5.74, 6) is 0.244. The number of allylic oxidation sites excluding steroid dienone is 1. The fraction of sp³-hybridized carbons (Fsp3) is 0.267. The van der Waals surface area contributed by atoms with Gasteiger partial charge in [0.15, 0.2) is 0 Å². The van der Waals surface area contributed by atoms with Crippen LogP contribution in [0, 0.1) is 5.92 Å². The van der Waals surface area contributed by atoms with Crippen LogP contribution in [0.1, 0.15) is 29.1 Å². The van der Waals surface area contributed by atoms with E-state index in [1.165, 1.54) is 18.4 Å². The molecule has 0 unspecified atom stereocenters. The lowest BCUT2D eigenvalue weighted by Gasteiger charge is -1.97. The van der Waals surface area contributed by atoms with Crippen molar-refractivity contribution in [3.63, 3.8) is 0 Å². The molecule has 0 bridgehead atoms. The van der Waals surface area contributed by atoms with Gasteiger partial charge in [0.1, 0.15) is 4.88 Å². The van der Waals surface area contributed by atoms with Crippen molar-refractivity contribution in [2.75, 3.05) is 7.11 Å². The smallest absolute Gasteiger partial charge is 0.348 e. The van der Waals surface area contributed by atoms with Gasteiger partial charge in [-0.15, -0.1) is 11.3 Å². The molecule has 0 spiro atoms. The molecule has 0 radical (unpaired) electrons. The Kier molecular flexibility index (Phi) is 3.82. The first kappa shape index (κ1) is 12.8. The molecule has 18 heavy (non-hydrogen) atoms. The van der Waals surface area contributed by atoms with Crippen LogP contribution in [0.2, 0.25) is 0 Å². The van der Waals surface area contributed by atoms with Crippen molar-refractivity contribution >= 4 is 33.5 Å². The second-order valence-corrected chi connectivity index (χ2v) is 5.55. The zero-order chi connectivity index (χ0) is 13.1. The highest BCUT2D eigenvalue weighted by Crippen LogP contribution is 2.29. The van der Waals surface area contributed by atoms with Crippen molar-refractivity contribution in [3.05, 3.63) is 40.8 Å². The zero-order valence-corrected chi connectivity index (χ0v) is 11.6. The fourth-order valence-electron chi connectivity index (χ4n) is 1.73. The third-order valence-electron chi connectivity index (χ3n) is 2.64. The van der Waals surface area contributed by atoms with Crippen LogP contribution in [0.3, 0.4) is 0 Å². The van der Waals surface area contributed by atoms with E-state index in [1.54, 1.807) is 0 Å². The highest BCUT2D eigenvalue weighted by molar-refractivity contribution is 7.20. The van der Waals surface area contributed by atoms with Crippen molar-refractivity contribution in [2.24, 2.45) is 5.92 Å². The first-order valence-corrected chi connectivity index (χ1v) is 6.72. The second-order valence-electron chi connectivity index (χ2n) is 4.46. The number of fused-ring (bicyclic) bond motifs is 1. The van der Waals surface area contributed by atoms with Crippen LogP contribution in [0.5, 0.6) is 0 Å². The Labute approximate surface area is 111 Å². The summed E-state index contributed by atoms with van der Waals surface area (Å²) in [5.41, 5.74) is 1.15. The van der Waals surface area contributed by atoms with Crippen molar-refractivity contribution in [1.29, 1.82) is 0 Å². The van der Waals surface area contributed by atoms with Gasteiger partial charge >= 0.3 is 5.97 Å². The maximum Gasteiger partial charge on any atom is 0.348 e. The molecule has 1 aromatic heterocycles. The lowest BCUT2D eigenvalue weighted by Crippen LogP contribution is -1.96. The highest BCUT2D eigenvalue weighted by Gasteiger charge is 2.11. The number of benzene rings is 1. The number of thiophene rings is 1. The Hall–Kier alpha value is -1.61. The first-order valence-electron chi connectivity index (χ1n) is 5.91. The van der Waals surface area contributed by atoms with E-state index in [0.29, 0.717) is 10.8 Å². The molecule has 3 heteroatoms. The van der Waals surface area contributed by atoms with Gasteiger partial charge in [0, 0.05) is 10.1 Å². The van der Waals surface area contributed by atoms with Gasteiger partial charge in [0.2, 0.25) is 0 Å². The van der Waals surface area contributed by atoms with Gasteiger partial charge in [-0.1, -0.05) is 38.1 Å². The second kappa shape index (κ2) is 5.36. The van der Waals surface area contributed by atoms with Gasteiger partial charge in [-0.25, -0.2) is 4.79 Å². The molecule has 0 saturated heterocycles. The lowest BCUT2D eigenvalue weighted by atomic mass is 10.1. The summed E-state index contributed by atoms with van der Waals surface area (Å²) in [6, 6.07) is 8.01. The minimum atomic E-state index is -0.269. The van der Waals surface area contributed by atoms with Gasteiger partial charge < -0.3 is 4.74 Å². The van der Waals surface area contributed by atoms with Crippen molar-refractivity contribution in [2.45, 2.75) is 13.8 Å². The molecule has 2 aromatic rings. The number of esters is 1. The Balaban J connectivity index is 2.49. The van der Waals surface area contributed by atoms with Crippen LogP contribution in [-0.4, -0.2) is 13.1 Å². The van der Waals surface area contributed by atoms with E-state index in [1.807, 2.05) is 18.2 Å². The molecule has 94 valence electrons. The minimum Gasteiger partial charge on any atom is -0.465 e. The Morgan fingerprint density at radius 1 is 1.39 bits per heavy atom. The fourth-order valence-corrected chi connectivity index (χ4v) is 2.74. The molecule has 1 aromatic carbocycles. The van der Waals surface area contributed by atoms with Gasteiger partial charge in [0.25, 0.3) is 0 Å². The number of rotatable bonds is 3. The van der Waals surface area contributed by atoms with Crippen LogP contribution >= 0.6 is 11.3 Å². The SMILES string of the molecule is COC(=O)c1cc2c(C=CC(C)C)cccc2s1. The molecule has 0 aliphatic carbocycles. The Morgan fingerprint density at radius 2 is 2.17 bits per heavy atom. The number of hydrogen-bond acceptors (Lipinski definition) is 3. The van der Waals surface area contributed by atoms with Crippen molar-refractivity contribution in [1.82, 2.24) is 0 Å². The van der Waals surface area contributed by atoms with E-state index in [2.05, 4.69) is 32.1 Å². The normalized spacial score (nSPS) is 11.6. The van der Waals surface area contributed by atoms with Crippen LogP contribution in [0.4, 0.5) is 0 Å². The van der Waals surface area contributed by atoms with E-state index in [-0.39, 0.29) is 5.97 Å². The lowest BCUT2D eigenvalue weighted by molar-refractivity contribution is 0.0606. The molecule has 0 fully saturated rings. The Morgan fingerprint density at radius 3 is 2.83 bits per heavy atom. The average Bonchev–Trinajstić information content (AvgIpc) is 2.79. The minimum absolute atomic E-state index is 0.269. The molecular formula is C15H16O2S. The van der Waals surface area contributed by atoms with E-state index in [4.69, 9.17) is 4.74 Å². The molecule has 0 amide bonds. The largest absolute Gasteiger partial charge is 0.465 e. The summed E-state index contributed by atoms with van der Waals surface area (Å²) < 4.78 is 5.87. The maximum absolute atomic E-state index is 11.5. The van der Waals surface area contributed by atoms with Gasteiger partial charge in [-0.05, 0) is 23.6 Å². The molecule has 0 aliphatic heterocycles. The topological polar surface area (TPSA) is 26.3 Å². The number of hydrogen-bond donors (Lipinski definition) is 0. The number of carbonyl (C=O) groups is 1. The number of methoxy groups -OCH3 is 1. The molecular weight excluding hydrogens is 244 g/mol. The van der Waals surface area contributed by atoms with E-state index < -0.39 is 0 Å². The summed E-state index contributed by atoms with van der Waals surface area (Å²) in [6.07, 6.45) is 4.27. The van der Waals surface area contributed by atoms with Gasteiger partial charge in [-0.2, -0.15) is 0 Å². The van der Waals surface area contributed by atoms with E-state index >= 15 is 0 Å². The standard InChI is InChI=1S/C15H16O2S/c1-10(2)7-8-11-5-4-6-13-12(11)9-14(18-13)15(16)17-3/h4-10H,1-3H3. The predicted molar refractivity (Wildman–Crippen MR) is 77.0 cm³/mol. The van der Waals surface area contributed by atoms with Crippen LogP contribution < -0.4 is 0 Å². The molecule has 0 aliphatic rings. The quantitative estimate of drug-likeness (QED) is 0.767. The molecule has 1 heterocycles. The van der Waals surface area contributed by atoms with Crippen LogP contribution in [0.15, 0.2) is 30.3 Å². The molecule has 0 saturated carbocycles. The molecule has 0 atom stereocenters. The third-order valence-corrected chi connectivity index (χ3v) is 3.72. The third kappa shape index (κ3) is 2.62. The highest BCUT2D eigenvalue weighted by atomic mass is 32.1. The van der Waals surface area contributed by atoms with Gasteiger partial charge in [0.05, 0.1) is 7.11 Å². The summed E-state index contributed by atoms with van der Waals surface area (Å²) in [7, 11) is 1.41. The van der Waals surface area contributed by atoms with Gasteiger partial charge in [-0.3, -0.25) is 0 Å². The van der Waals surface area contributed by atoms with Crippen molar-refractivity contribution in [3.8, 4) is 0 Å². The Bertz CT molecular complexity index is 594. The summed E-state index contributed by atoms with van der Waals surface area (Å²) >= 11 is 1.47. The predicted octanol–water partition coefficient (Wildman–Crippen LogP) is 4.36. The molecule has 0 N–H and O–H groups in total. The van der Waals surface area contributed by atoms with E-state index in [9.17, 15) is 4.79 Å². The monoisotopic (exact) mass is 260 g/mol. The molecule has 2 nitrogen and oxygen atoms in total. The molecule has 2 rings (SSSR count). The number of carbonyl (C=O) groups excluding carboxylic acids is 1. The maximum atomic E-state index is 11.5. The average molecular weight is 260 g/mol. The van der Waals surface area contributed by atoms with Crippen LogP contribution in [-0.2, 0) is 4.74 Å². The summed E-state index contributed by atoms with van der Waals surface area (Å²) in [4.78, 5) is 12.2. The zero-order valence-electron chi connectivity index (χ0n) is 10.8. The van der Waals surface area contributed by atoms with Crippen molar-refractivity contribution < 1.29 is 9.53 Å². The summed E-state index contributed by atoms with van der Waals surface area (Å²) in [5, 5.41) is 1.11. The summed E-state index contributed by atoms with van der Waals surface area (Å²) in [6.45, 7) is 4.29.